The molecule has 1 atom stereocenters. The third kappa shape index (κ3) is 4.44. The fourth-order valence-corrected chi connectivity index (χ4v) is 9.69. The zero-order valence-electron chi connectivity index (χ0n) is 25.7. The van der Waals surface area contributed by atoms with Gasteiger partial charge in [-0.2, -0.15) is 0 Å². The molecule has 5 nitrogen and oxygen atoms in total. The molecule has 0 aliphatic heterocycles. The van der Waals surface area contributed by atoms with Gasteiger partial charge in [0.05, 0.1) is 22.8 Å². The first-order valence-corrected chi connectivity index (χ1v) is 17.5. The third-order valence-corrected chi connectivity index (χ3v) is 12.0. The van der Waals surface area contributed by atoms with Crippen molar-refractivity contribution in [1.29, 1.82) is 0 Å². The quantitative estimate of drug-likeness (QED) is 0.140. The molecule has 4 heterocycles. The van der Waals surface area contributed by atoms with Gasteiger partial charge in [0.1, 0.15) is 5.44 Å². The molecule has 0 aliphatic rings. The Bertz CT molecular complexity index is 2630. The molecule has 0 amide bonds. The van der Waals surface area contributed by atoms with E-state index in [1.54, 1.807) is 18.6 Å². The van der Waals surface area contributed by atoms with E-state index in [0.717, 1.165) is 43.3 Å². The van der Waals surface area contributed by atoms with Crippen molar-refractivity contribution >= 4 is 66.3 Å². The molecule has 0 aliphatic carbocycles. The summed E-state index contributed by atoms with van der Waals surface area (Å²) < 4.78 is 16.5. The highest BCUT2D eigenvalue weighted by Crippen LogP contribution is 2.48. The van der Waals surface area contributed by atoms with Crippen molar-refractivity contribution in [3.63, 3.8) is 0 Å². The van der Waals surface area contributed by atoms with Crippen LogP contribution in [0.2, 0.25) is 0 Å². The molecular weight excluding hydrogens is 607 g/mol. The van der Waals surface area contributed by atoms with Crippen molar-refractivity contribution in [3.8, 4) is 22.8 Å². The Kier molecular flexibility index (Phi) is 6.67. The monoisotopic (exact) mass is 634 g/mol. The minimum absolute atomic E-state index is 0.485. The minimum Gasteiger partial charge on any atom is -0.307 e. The number of aromatic nitrogens is 4. The molecular formula is C42H27N4OP. The zero-order valence-corrected chi connectivity index (χ0v) is 26.6. The molecule has 9 aromatic rings. The Labute approximate surface area is 277 Å². The van der Waals surface area contributed by atoms with E-state index in [1.165, 1.54) is 10.8 Å². The average Bonchev–Trinajstić information content (AvgIpc) is 3.18. The van der Waals surface area contributed by atoms with E-state index < -0.39 is 7.14 Å². The highest BCUT2D eigenvalue weighted by molar-refractivity contribution is 7.85. The molecule has 0 bridgehead atoms. The van der Waals surface area contributed by atoms with Gasteiger partial charge in [-0.25, -0.2) is 4.98 Å². The molecule has 6 heteroatoms. The van der Waals surface area contributed by atoms with Gasteiger partial charge in [0.15, 0.2) is 7.14 Å². The molecule has 226 valence electrons. The molecule has 5 aromatic carbocycles. The molecule has 0 spiro atoms. The van der Waals surface area contributed by atoms with E-state index in [-0.39, 0.29) is 0 Å². The molecule has 0 fully saturated rings. The number of hydrogen-bond acceptors (Lipinski definition) is 5. The zero-order chi connectivity index (χ0) is 32.1. The van der Waals surface area contributed by atoms with E-state index in [9.17, 15) is 0 Å². The number of hydrogen-bond donors (Lipinski definition) is 0. The predicted molar refractivity (Wildman–Crippen MR) is 198 cm³/mol. The van der Waals surface area contributed by atoms with Gasteiger partial charge in [-0.3, -0.25) is 15.0 Å². The van der Waals surface area contributed by atoms with Crippen LogP contribution < -0.4 is 16.0 Å². The number of fused-ring (bicyclic) bond motifs is 8. The molecule has 0 saturated carbocycles. The number of benzene rings is 5. The lowest BCUT2D eigenvalue weighted by atomic mass is 9.91. The van der Waals surface area contributed by atoms with Gasteiger partial charge < -0.3 is 4.57 Å². The van der Waals surface area contributed by atoms with Crippen molar-refractivity contribution < 1.29 is 4.57 Å². The molecule has 4 aromatic heterocycles. The van der Waals surface area contributed by atoms with Crippen LogP contribution >= 0.6 is 7.14 Å². The SMILES string of the molecule is O=P(c1ccnc(-c2ccccn2)c1)(c1cccc(-c2ccccn2)n1)c1cc2c3ccccc3c3ccccc3c2c2ccccc12. The van der Waals surface area contributed by atoms with E-state index in [1.807, 2.05) is 72.8 Å². The summed E-state index contributed by atoms with van der Waals surface area (Å²) in [6.07, 6.45) is 5.21. The van der Waals surface area contributed by atoms with Crippen LogP contribution in [0.4, 0.5) is 0 Å². The van der Waals surface area contributed by atoms with Gasteiger partial charge in [0.25, 0.3) is 0 Å². The van der Waals surface area contributed by atoms with Gasteiger partial charge in [-0.1, -0.05) is 91.0 Å². The minimum atomic E-state index is -3.67. The fraction of sp³-hybridized carbons (Fsp3) is 0. The van der Waals surface area contributed by atoms with Crippen LogP contribution in [0, 0.1) is 0 Å². The third-order valence-electron chi connectivity index (χ3n) is 9.08. The van der Waals surface area contributed by atoms with Crippen LogP contribution in [0.1, 0.15) is 0 Å². The van der Waals surface area contributed by atoms with Crippen molar-refractivity contribution in [2.75, 3.05) is 0 Å². The first-order valence-electron chi connectivity index (χ1n) is 15.8. The second-order valence-corrected chi connectivity index (χ2v) is 14.4. The second-order valence-electron chi connectivity index (χ2n) is 11.8. The Morgan fingerprint density at radius 1 is 0.396 bits per heavy atom. The first kappa shape index (κ1) is 28.2. The van der Waals surface area contributed by atoms with Crippen molar-refractivity contribution in [2.24, 2.45) is 0 Å². The number of nitrogens with zero attached hydrogens (tertiary/aromatic N) is 4. The molecule has 1 unspecified atom stereocenters. The lowest BCUT2D eigenvalue weighted by Gasteiger charge is -2.23. The van der Waals surface area contributed by atoms with E-state index in [0.29, 0.717) is 27.8 Å². The average molecular weight is 635 g/mol. The smallest absolute Gasteiger partial charge is 0.189 e. The molecule has 0 saturated heterocycles. The van der Waals surface area contributed by atoms with Crippen LogP contribution in [0.25, 0.3) is 65.9 Å². The molecule has 0 N–H and O–H groups in total. The van der Waals surface area contributed by atoms with Crippen LogP contribution in [-0.2, 0) is 4.57 Å². The van der Waals surface area contributed by atoms with E-state index in [4.69, 9.17) is 4.98 Å². The summed E-state index contributed by atoms with van der Waals surface area (Å²) in [5.41, 5.74) is 3.22. The Morgan fingerprint density at radius 3 is 1.58 bits per heavy atom. The predicted octanol–water partition coefficient (Wildman–Crippen LogP) is 8.85. The van der Waals surface area contributed by atoms with Gasteiger partial charge >= 0.3 is 0 Å². The maximum absolute atomic E-state index is 16.5. The normalized spacial score (nSPS) is 12.8. The standard InChI is InChI=1S/C42H27N4OP/c47-48(28-22-25-45-39(26-28)37-19-8-10-24-44-37,41-21-11-20-38(46-41)36-18-7-9-23-43-36)40-27-35-31-14-2-1-12-29(31)30-13-3-5-16-33(30)42(35)34-17-6-4-15-32(34)40/h1-27H. The van der Waals surface area contributed by atoms with Crippen LogP contribution in [0.15, 0.2) is 164 Å². The second kappa shape index (κ2) is 11.3. The largest absolute Gasteiger partial charge is 0.307 e. The first-order chi connectivity index (χ1) is 23.7. The van der Waals surface area contributed by atoms with Gasteiger partial charge in [0, 0.05) is 29.2 Å². The summed E-state index contributed by atoms with van der Waals surface area (Å²) in [6, 6.07) is 48.5. The Hall–Kier alpha value is -6.03. The Balaban J connectivity index is 1.43. The molecule has 48 heavy (non-hydrogen) atoms. The maximum Gasteiger partial charge on any atom is 0.189 e. The molecule has 9 rings (SSSR count). The van der Waals surface area contributed by atoms with Crippen LogP contribution in [-0.4, -0.2) is 19.9 Å². The summed E-state index contributed by atoms with van der Waals surface area (Å²) in [5.74, 6) is 0. The van der Waals surface area contributed by atoms with Crippen molar-refractivity contribution in [1.82, 2.24) is 19.9 Å². The molecule has 0 radical (unpaired) electrons. The maximum atomic E-state index is 16.5. The summed E-state index contributed by atoms with van der Waals surface area (Å²) in [6.45, 7) is 0. The number of pyridine rings is 4. The van der Waals surface area contributed by atoms with E-state index >= 15 is 4.57 Å². The van der Waals surface area contributed by atoms with Crippen LogP contribution in [0.5, 0.6) is 0 Å². The van der Waals surface area contributed by atoms with Crippen molar-refractivity contribution in [2.45, 2.75) is 0 Å². The number of rotatable bonds is 5. The fourth-order valence-electron chi connectivity index (χ4n) is 6.93. The summed E-state index contributed by atoms with van der Waals surface area (Å²) >= 11 is 0. The summed E-state index contributed by atoms with van der Waals surface area (Å²) in [5, 5.41) is 10.2. The Morgan fingerprint density at radius 2 is 0.917 bits per heavy atom. The summed E-state index contributed by atoms with van der Waals surface area (Å²) in [7, 11) is -3.67. The van der Waals surface area contributed by atoms with Crippen molar-refractivity contribution in [3.05, 3.63) is 164 Å². The highest BCUT2D eigenvalue weighted by Gasteiger charge is 2.35. The van der Waals surface area contributed by atoms with Gasteiger partial charge in [0.2, 0.25) is 0 Å². The highest BCUT2D eigenvalue weighted by atomic mass is 31.2. The summed E-state index contributed by atoms with van der Waals surface area (Å²) in [4.78, 5) is 18.9. The van der Waals surface area contributed by atoms with Gasteiger partial charge in [-0.15, -0.1) is 0 Å². The van der Waals surface area contributed by atoms with Gasteiger partial charge in [-0.05, 0) is 97.7 Å². The topological polar surface area (TPSA) is 68.6 Å². The lowest BCUT2D eigenvalue weighted by molar-refractivity contribution is 0.592. The van der Waals surface area contributed by atoms with E-state index in [2.05, 4.69) is 87.7 Å². The lowest BCUT2D eigenvalue weighted by Crippen LogP contribution is -2.28. The van der Waals surface area contributed by atoms with Crippen LogP contribution in [0.3, 0.4) is 0 Å².